The lowest BCUT2D eigenvalue weighted by molar-refractivity contribution is -0.135. The van der Waals surface area contributed by atoms with Gasteiger partial charge in [0.1, 0.15) is 10.5 Å². The van der Waals surface area contributed by atoms with Gasteiger partial charge >= 0.3 is 0 Å². The SMILES string of the molecule is CN(Cc1nc2ccsc2c(=O)[nH]1)C(=O)C1CCc2[nH]ncc2C1. The molecular weight excluding hydrogens is 326 g/mol. The van der Waals surface area contributed by atoms with Crippen LogP contribution in [0.4, 0.5) is 0 Å². The van der Waals surface area contributed by atoms with Gasteiger partial charge in [-0.15, -0.1) is 11.3 Å². The number of aromatic amines is 2. The van der Waals surface area contributed by atoms with E-state index in [2.05, 4.69) is 20.2 Å². The summed E-state index contributed by atoms with van der Waals surface area (Å²) in [4.78, 5) is 33.6. The lowest BCUT2D eigenvalue weighted by atomic mass is 9.87. The molecule has 2 N–H and O–H groups in total. The molecule has 3 aromatic rings. The van der Waals surface area contributed by atoms with Crippen molar-refractivity contribution in [1.29, 1.82) is 0 Å². The maximum absolute atomic E-state index is 12.7. The van der Waals surface area contributed by atoms with E-state index in [-0.39, 0.29) is 17.4 Å². The summed E-state index contributed by atoms with van der Waals surface area (Å²) in [6.07, 6.45) is 4.17. The van der Waals surface area contributed by atoms with E-state index < -0.39 is 0 Å². The first-order valence-electron chi connectivity index (χ1n) is 7.84. The molecule has 0 radical (unpaired) electrons. The molecule has 1 atom stereocenters. The van der Waals surface area contributed by atoms with Crippen LogP contribution in [0, 0.1) is 5.92 Å². The molecule has 0 bridgehead atoms. The highest BCUT2D eigenvalue weighted by Gasteiger charge is 2.28. The minimum atomic E-state index is -0.147. The number of thiophene rings is 1. The summed E-state index contributed by atoms with van der Waals surface area (Å²) in [6, 6.07) is 1.82. The van der Waals surface area contributed by atoms with Gasteiger partial charge < -0.3 is 9.88 Å². The first-order valence-corrected chi connectivity index (χ1v) is 8.72. The number of rotatable bonds is 3. The molecular formula is C16H17N5O2S. The molecule has 4 rings (SSSR count). The van der Waals surface area contributed by atoms with Crippen LogP contribution in [0.5, 0.6) is 0 Å². The molecule has 3 heterocycles. The molecule has 124 valence electrons. The third kappa shape index (κ3) is 2.62. The number of nitrogens with zero attached hydrogens (tertiary/aromatic N) is 3. The predicted octanol–water partition coefficient (Wildman–Crippen LogP) is 1.47. The maximum atomic E-state index is 12.7. The molecule has 0 aromatic carbocycles. The number of hydrogen-bond donors (Lipinski definition) is 2. The van der Waals surface area contributed by atoms with Crippen LogP contribution in [-0.2, 0) is 24.2 Å². The van der Waals surface area contributed by atoms with E-state index in [1.807, 2.05) is 11.4 Å². The number of carbonyl (C=O) groups excluding carboxylic acids is 1. The Kier molecular flexibility index (Phi) is 3.68. The molecule has 1 unspecified atom stereocenters. The highest BCUT2D eigenvalue weighted by molar-refractivity contribution is 7.17. The smallest absolute Gasteiger partial charge is 0.268 e. The summed E-state index contributed by atoms with van der Waals surface area (Å²) in [5, 5.41) is 8.87. The van der Waals surface area contributed by atoms with Gasteiger partial charge in [0.2, 0.25) is 5.91 Å². The van der Waals surface area contributed by atoms with Crippen molar-refractivity contribution in [3.63, 3.8) is 0 Å². The zero-order valence-corrected chi connectivity index (χ0v) is 14.0. The first-order chi connectivity index (χ1) is 11.6. The van der Waals surface area contributed by atoms with Crippen molar-refractivity contribution in [1.82, 2.24) is 25.1 Å². The van der Waals surface area contributed by atoms with Crippen LogP contribution >= 0.6 is 11.3 Å². The van der Waals surface area contributed by atoms with Crippen molar-refractivity contribution < 1.29 is 4.79 Å². The van der Waals surface area contributed by atoms with Gasteiger partial charge in [-0.2, -0.15) is 5.10 Å². The monoisotopic (exact) mass is 343 g/mol. The molecule has 0 fully saturated rings. The second kappa shape index (κ2) is 5.86. The van der Waals surface area contributed by atoms with E-state index in [0.29, 0.717) is 29.0 Å². The average Bonchev–Trinajstić information content (AvgIpc) is 3.22. The topological polar surface area (TPSA) is 94.7 Å². The molecule has 0 saturated carbocycles. The zero-order chi connectivity index (χ0) is 16.7. The molecule has 7 nitrogen and oxygen atoms in total. The third-order valence-electron chi connectivity index (χ3n) is 4.49. The molecule has 0 spiro atoms. The summed E-state index contributed by atoms with van der Waals surface area (Å²) in [7, 11) is 1.75. The molecule has 0 aliphatic heterocycles. The van der Waals surface area contributed by atoms with Crippen LogP contribution in [0.3, 0.4) is 0 Å². The van der Waals surface area contributed by atoms with Gasteiger partial charge in [-0.3, -0.25) is 14.7 Å². The Bertz CT molecular complexity index is 957. The number of carbonyl (C=O) groups is 1. The van der Waals surface area contributed by atoms with E-state index in [1.165, 1.54) is 11.3 Å². The zero-order valence-electron chi connectivity index (χ0n) is 13.2. The number of fused-ring (bicyclic) bond motifs is 2. The number of H-pyrrole nitrogens is 2. The van der Waals surface area contributed by atoms with Crippen molar-refractivity contribution in [3.05, 3.63) is 45.1 Å². The van der Waals surface area contributed by atoms with E-state index in [0.717, 1.165) is 24.1 Å². The number of aromatic nitrogens is 4. The van der Waals surface area contributed by atoms with Gasteiger partial charge in [-0.25, -0.2) is 4.98 Å². The number of hydrogen-bond acceptors (Lipinski definition) is 5. The molecule has 1 amide bonds. The van der Waals surface area contributed by atoms with Gasteiger partial charge in [0, 0.05) is 18.7 Å². The van der Waals surface area contributed by atoms with E-state index in [4.69, 9.17) is 0 Å². The number of amides is 1. The van der Waals surface area contributed by atoms with Gasteiger partial charge in [0.05, 0.1) is 18.3 Å². The highest BCUT2D eigenvalue weighted by Crippen LogP contribution is 2.25. The second-order valence-electron chi connectivity index (χ2n) is 6.16. The molecule has 0 saturated heterocycles. The normalized spacial score (nSPS) is 17.0. The Morgan fingerprint density at radius 1 is 1.50 bits per heavy atom. The summed E-state index contributed by atoms with van der Waals surface area (Å²) in [6.45, 7) is 0.300. The minimum Gasteiger partial charge on any atom is -0.338 e. The van der Waals surface area contributed by atoms with E-state index >= 15 is 0 Å². The van der Waals surface area contributed by atoms with Crippen LogP contribution in [0.15, 0.2) is 22.4 Å². The van der Waals surface area contributed by atoms with Crippen LogP contribution in [0.1, 0.15) is 23.5 Å². The van der Waals surface area contributed by atoms with Crippen molar-refractivity contribution >= 4 is 27.5 Å². The lowest BCUT2D eigenvalue weighted by Crippen LogP contribution is -2.36. The Labute approximate surface area is 141 Å². The Balaban J connectivity index is 1.50. The standard InChI is InChI=1S/C16H17N5O2S/c1-21(8-13-18-12-4-5-24-14(12)15(22)19-13)16(23)9-2-3-11-10(6-9)7-17-20-11/h4-5,7,9H,2-3,6,8H2,1H3,(H,17,20)(H,18,19,22). The van der Waals surface area contributed by atoms with Crippen molar-refractivity contribution in [2.75, 3.05) is 7.05 Å². The molecule has 3 aromatic heterocycles. The Hall–Kier alpha value is -2.48. The Morgan fingerprint density at radius 3 is 3.25 bits per heavy atom. The fourth-order valence-corrected chi connectivity index (χ4v) is 3.96. The van der Waals surface area contributed by atoms with Crippen LogP contribution < -0.4 is 5.56 Å². The second-order valence-corrected chi connectivity index (χ2v) is 7.07. The Morgan fingerprint density at radius 2 is 2.38 bits per heavy atom. The minimum absolute atomic E-state index is 0.0447. The first kappa shape index (κ1) is 15.1. The summed E-state index contributed by atoms with van der Waals surface area (Å²) >= 11 is 1.37. The van der Waals surface area contributed by atoms with Gasteiger partial charge in [0.15, 0.2) is 0 Å². The van der Waals surface area contributed by atoms with Gasteiger partial charge in [-0.05, 0) is 36.3 Å². The molecule has 8 heteroatoms. The number of nitrogens with one attached hydrogen (secondary N) is 2. The van der Waals surface area contributed by atoms with Crippen molar-refractivity contribution in [2.24, 2.45) is 5.92 Å². The lowest BCUT2D eigenvalue weighted by Gasteiger charge is -2.26. The highest BCUT2D eigenvalue weighted by atomic mass is 32.1. The summed E-state index contributed by atoms with van der Waals surface area (Å²) < 4.78 is 0.618. The van der Waals surface area contributed by atoms with Gasteiger partial charge in [0.25, 0.3) is 5.56 Å². The fourth-order valence-electron chi connectivity index (χ4n) is 3.24. The van der Waals surface area contributed by atoms with Crippen molar-refractivity contribution in [2.45, 2.75) is 25.8 Å². The third-order valence-corrected chi connectivity index (χ3v) is 5.40. The largest absolute Gasteiger partial charge is 0.338 e. The van der Waals surface area contributed by atoms with Gasteiger partial charge in [-0.1, -0.05) is 0 Å². The van der Waals surface area contributed by atoms with Crippen LogP contribution in [-0.4, -0.2) is 38.0 Å². The van der Waals surface area contributed by atoms with E-state index in [9.17, 15) is 9.59 Å². The average molecular weight is 343 g/mol. The summed E-state index contributed by atoms with van der Waals surface area (Å²) in [5.74, 6) is 0.549. The molecule has 1 aliphatic carbocycles. The van der Waals surface area contributed by atoms with Crippen molar-refractivity contribution in [3.8, 4) is 0 Å². The maximum Gasteiger partial charge on any atom is 0.268 e. The number of aryl methyl sites for hydroxylation is 1. The van der Waals surface area contributed by atoms with Crippen LogP contribution in [0.25, 0.3) is 10.2 Å². The fraction of sp³-hybridized carbons (Fsp3) is 0.375. The quantitative estimate of drug-likeness (QED) is 0.753. The van der Waals surface area contributed by atoms with Crippen LogP contribution in [0.2, 0.25) is 0 Å². The van der Waals surface area contributed by atoms with E-state index in [1.54, 1.807) is 18.1 Å². The predicted molar refractivity (Wildman–Crippen MR) is 90.8 cm³/mol. The summed E-state index contributed by atoms with van der Waals surface area (Å²) in [5.41, 5.74) is 2.79. The molecule has 24 heavy (non-hydrogen) atoms. The molecule has 1 aliphatic rings.